The quantitative estimate of drug-likeness (QED) is 0.368. The Labute approximate surface area is 61.1 Å². The highest BCUT2D eigenvalue weighted by atomic mass is 16.9. The Morgan fingerprint density at radius 3 is 1.90 bits per heavy atom. The van der Waals surface area contributed by atoms with Crippen LogP contribution < -0.4 is 0 Å². The third-order valence-corrected chi connectivity index (χ3v) is 0.767. The second-order valence-corrected chi connectivity index (χ2v) is 1.68. The largest absolute Gasteiger partial charge is 0.285 e. The van der Waals surface area contributed by atoms with Crippen LogP contribution in [0.2, 0.25) is 0 Å². The van der Waals surface area contributed by atoms with Gasteiger partial charge in [-0.25, -0.2) is 9.68 Å². The zero-order valence-electron chi connectivity index (χ0n) is 6.68. The number of amidine groups is 1. The average Bonchev–Trinajstić information content (AvgIpc) is 1.87. The van der Waals surface area contributed by atoms with Gasteiger partial charge in [0.15, 0.2) is 0 Å². The monoisotopic (exact) mass is 146 g/mol. The van der Waals surface area contributed by atoms with Gasteiger partial charge in [0.05, 0.1) is 13.2 Å². The number of rotatable bonds is 4. The van der Waals surface area contributed by atoms with Gasteiger partial charge in [0.2, 0.25) is 0 Å². The third-order valence-electron chi connectivity index (χ3n) is 0.767. The molecule has 0 aliphatic heterocycles. The van der Waals surface area contributed by atoms with Crippen LogP contribution in [0.3, 0.4) is 0 Å². The lowest BCUT2D eigenvalue weighted by molar-refractivity contribution is -0.313. The first-order chi connectivity index (χ1) is 4.72. The average molecular weight is 146 g/mol. The van der Waals surface area contributed by atoms with Crippen molar-refractivity contribution in [1.82, 2.24) is 5.23 Å². The molecule has 0 heterocycles. The van der Waals surface area contributed by atoms with Crippen LogP contribution in [0.5, 0.6) is 0 Å². The van der Waals surface area contributed by atoms with Gasteiger partial charge in [0.25, 0.3) is 0 Å². The van der Waals surface area contributed by atoms with Gasteiger partial charge in [0.1, 0.15) is 5.84 Å². The minimum atomic E-state index is 0.253. The molecule has 60 valence electrons. The number of nitrogens with one attached hydrogen (secondary N) is 1. The van der Waals surface area contributed by atoms with Gasteiger partial charge in [0, 0.05) is 0 Å². The maximum Gasteiger partial charge on any atom is 0.149 e. The van der Waals surface area contributed by atoms with E-state index in [-0.39, 0.29) is 5.84 Å². The van der Waals surface area contributed by atoms with Crippen molar-refractivity contribution >= 4 is 5.84 Å². The van der Waals surface area contributed by atoms with Crippen molar-refractivity contribution in [3.05, 3.63) is 0 Å². The summed E-state index contributed by atoms with van der Waals surface area (Å²) in [5, 5.41) is 8.25. The van der Waals surface area contributed by atoms with E-state index in [1.165, 1.54) is 0 Å². The lowest BCUT2D eigenvalue weighted by Crippen LogP contribution is -2.28. The topological polar surface area (TPSA) is 45.6 Å². The van der Waals surface area contributed by atoms with Crippen LogP contribution in [-0.2, 0) is 9.68 Å². The lowest BCUT2D eigenvalue weighted by Gasteiger charge is -2.18. The molecule has 0 saturated carbocycles. The molecule has 1 N–H and O–H groups in total. The molecule has 0 bridgehead atoms. The number of hydroxylamine groups is 2. The van der Waals surface area contributed by atoms with E-state index in [4.69, 9.17) is 15.1 Å². The summed E-state index contributed by atoms with van der Waals surface area (Å²) in [7, 11) is 0. The second-order valence-electron chi connectivity index (χ2n) is 1.68. The predicted molar refractivity (Wildman–Crippen MR) is 38.5 cm³/mol. The summed E-state index contributed by atoms with van der Waals surface area (Å²) in [6.07, 6.45) is 0. The molecule has 0 aromatic carbocycles. The van der Waals surface area contributed by atoms with E-state index in [0.717, 1.165) is 5.23 Å². The van der Waals surface area contributed by atoms with Gasteiger partial charge in [-0.15, -0.1) is 5.23 Å². The van der Waals surface area contributed by atoms with Crippen molar-refractivity contribution in [1.29, 1.82) is 5.41 Å². The van der Waals surface area contributed by atoms with Crippen LogP contribution in [0.15, 0.2) is 0 Å². The molecule has 0 spiro atoms. The van der Waals surface area contributed by atoms with E-state index < -0.39 is 0 Å². The molecule has 0 rings (SSSR count). The van der Waals surface area contributed by atoms with Crippen LogP contribution in [0, 0.1) is 5.41 Å². The molecule has 0 aromatic rings. The van der Waals surface area contributed by atoms with Gasteiger partial charge in [-0.2, -0.15) is 0 Å². The molecule has 0 aliphatic carbocycles. The molecule has 0 unspecified atom stereocenters. The van der Waals surface area contributed by atoms with Gasteiger partial charge >= 0.3 is 0 Å². The van der Waals surface area contributed by atoms with Crippen LogP contribution in [0.1, 0.15) is 20.8 Å². The molecule has 0 atom stereocenters. The van der Waals surface area contributed by atoms with Crippen molar-refractivity contribution in [3.8, 4) is 0 Å². The van der Waals surface area contributed by atoms with Crippen LogP contribution in [0.4, 0.5) is 0 Å². The third kappa shape index (κ3) is 3.42. The second kappa shape index (κ2) is 5.20. The number of hydrogen-bond acceptors (Lipinski definition) is 3. The molecular formula is C6H14N2O2. The number of nitrogens with zero attached hydrogens (tertiary/aromatic N) is 1. The first kappa shape index (κ1) is 9.39. The molecule has 4 nitrogen and oxygen atoms in total. The zero-order valence-corrected chi connectivity index (χ0v) is 6.68. The van der Waals surface area contributed by atoms with Crippen molar-refractivity contribution < 1.29 is 9.68 Å². The molecule has 10 heavy (non-hydrogen) atoms. The number of hydrogen-bond donors (Lipinski definition) is 1. The molecule has 0 aliphatic rings. The van der Waals surface area contributed by atoms with Gasteiger partial charge in [-0.1, -0.05) is 0 Å². The Bertz CT molecular complexity index is 99.9. The van der Waals surface area contributed by atoms with Crippen molar-refractivity contribution in [2.45, 2.75) is 20.8 Å². The summed E-state index contributed by atoms with van der Waals surface area (Å²) in [5.74, 6) is 0.253. The van der Waals surface area contributed by atoms with Crippen molar-refractivity contribution in [2.75, 3.05) is 13.2 Å². The van der Waals surface area contributed by atoms with Gasteiger partial charge in [-0.05, 0) is 20.8 Å². The fourth-order valence-corrected chi connectivity index (χ4v) is 0.465. The Hall–Kier alpha value is -0.610. The molecule has 0 fully saturated rings. The minimum absolute atomic E-state index is 0.253. The van der Waals surface area contributed by atoms with E-state index in [2.05, 4.69) is 0 Å². The van der Waals surface area contributed by atoms with E-state index in [1.54, 1.807) is 6.92 Å². The molecule has 0 radical (unpaired) electrons. The summed E-state index contributed by atoms with van der Waals surface area (Å²) in [6, 6.07) is 0. The zero-order chi connectivity index (χ0) is 7.98. The summed E-state index contributed by atoms with van der Waals surface area (Å²) < 4.78 is 0. The highest BCUT2D eigenvalue weighted by Gasteiger charge is 2.02. The summed E-state index contributed by atoms with van der Waals surface area (Å²) in [6.45, 7) is 6.31. The molecular weight excluding hydrogens is 132 g/mol. The van der Waals surface area contributed by atoms with Crippen molar-refractivity contribution in [2.24, 2.45) is 0 Å². The minimum Gasteiger partial charge on any atom is -0.285 e. The normalized spacial score (nSPS) is 9.50. The van der Waals surface area contributed by atoms with Crippen LogP contribution in [-0.4, -0.2) is 24.3 Å². The highest BCUT2D eigenvalue weighted by Crippen LogP contribution is 1.92. The Morgan fingerprint density at radius 1 is 1.30 bits per heavy atom. The van der Waals surface area contributed by atoms with Crippen molar-refractivity contribution in [3.63, 3.8) is 0 Å². The van der Waals surface area contributed by atoms with E-state index in [9.17, 15) is 0 Å². The molecule has 4 heteroatoms. The summed E-state index contributed by atoms with van der Waals surface area (Å²) >= 11 is 0. The van der Waals surface area contributed by atoms with E-state index >= 15 is 0 Å². The smallest absolute Gasteiger partial charge is 0.149 e. The van der Waals surface area contributed by atoms with Gasteiger partial charge < -0.3 is 0 Å². The Kier molecular flexibility index (Phi) is 4.88. The first-order valence-corrected chi connectivity index (χ1v) is 3.33. The molecule has 0 amide bonds. The maximum absolute atomic E-state index is 7.13. The summed E-state index contributed by atoms with van der Waals surface area (Å²) in [5.41, 5.74) is 0. The SMILES string of the molecule is CCON(OCC)C(C)=N. The molecule has 0 saturated heterocycles. The fraction of sp³-hybridized carbons (Fsp3) is 0.833. The standard InChI is InChI=1S/C6H14N2O2/c1-4-9-8(6(3)7)10-5-2/h7H,4-5H2,1-3H3. The van der Waals surface area contributed by atoms with Gasteiger partial charge in [-0.3, -0.25) is 5.41 Å². The van der Waals surface area contributed by atoms with E-state index in [0.29, 0.717) is 13.2 Å². The van der Waals surface area contributed by atoms with E-state index in [1.807, 2.05) is 13.8 Å². The Morgan fingerprint density at radius 2 is 1.70 bits per heavy atom. The maximum atomic E-state index is 7.13. The Balaban J connectivity index is 3.61. The lowest BCUT2D eigenvalue weighted by atomic mass is 10.7. The summed E-state index contributed by atoms with van der Waals surface area (Å²) in [4.78, 5) is 9.86. The molecule has 0 aromatic heterocycles. The predicted octanol–water partition coefficient (Wildman–Crippen LogP) is 1.19. The van der Waals surface area contributed by atoms with Crippen LogP contribution >= 0.6 is 0 Å². The first-order valence-electron chi connectivity index (χ1n) is 3.33. The highest BCUT2D eigenvalue weighted by molar-refractivity contribution is 5.73. The van der Waals surface area contributed by atoms with Crippen LogP contribution in [0.25, 0.3) is 0 Å². The fourth-order valence-electron chi connectivity index (χ4n) is 0.465.